The van der Waals surface area contributed by atoms with E-state index in [1.54, 1.807) is 0 Å². The summed E-state index contributed by atoms with van der Waals surface area (Å²) in [6.07, 6.45) is 4.53. The van der Waals surface area contributed by atoms with Gasteiger partial charge in [-0.25, -0.2) is 4.98 Å². The Hall–Kier alpha value is -1.03. The molecule has 0 aromatic carbocycles. The zero-order chi connectivity index (χ0) is 13.8. The van der Waals surface area contributed by atoms with Crippen LogP contribution in [0, 0.1) is 12.3 Å². The fourth-order valence-electron chi connectivity index (χ4n) is 2.11. The van der Waals surface area contributed by atoms with Crippen LogP contribution in [-0.2, 0) is 6.54 Å². The third-order valence-corrected chi connectivity index (χ3v) is 3.19. The molecule has 0 aliphatic carbocycles. The Morgan fingerprint density at radius 1 is 1.44 bits per heavy atom. The van der Waals surface area contributed by atoms with Crippen molar-refractivity contribution in [3.8, 4) is 0 Å². The van der Waals surface area contributed by atoms with Crippen LogP contribution in [-0.4, -0.2) is 29.7 Å². The maximum Gasteiger partial charge on any atom is 0.205 e. The first-order valence-electron chi connectivity index (χ1n) is 6.84. The highest BCUT2D eigenvalue weighted by Gasteiger charge is 2.20. The highest BCUT2D eigenvalue weighted by Crippen LogP contribution is 2.20. The summed E-state index contributed by atoms with van der Waals surface area (Å²) in [4.78, 5) is 6.85. The molecule has 1 heterocycles. The van der Waals surface area contributed by atoms with Gasteiger partial charge in [0.05, 0.1) is 5.69 Å². The molecule has 4 nitrogen and oxygen atoms in total. The Bertz CT molecular complexity index is 368. The number of anilines is 1. The summed E-state index contributed by atoms with van der Waals surface area (Å²) in [7, 11) is 2.10. The lowest BCUT2D eigenvalue weighted by atomic mass is 9.93. The molecule has 0 bridgehead atoms. The second-order valence-electron chi connectivity index (χ2n) is 5.95. The van der Waals surface area contributed by atoms with Crippen molar-refractivity contribution in [3.63, 3.8) is 0 Å². The molecule has 0 saturated carbocycles. The molecule has 0 amide bonds. The minimum absolute atomic E-state index is 0.115. The van der Waals surface area contributed by atoms with Gasteiger partial charge in [0.1, 0.15) is 0 Å². The van der Waals surface area contributed by atoms with E-state index in [1.807, 2.05) is 6.92 Å². The van der Waals surface area contributed by atoms with Gasteiger partial charge in [-0.3, -0.25) is 0 Å². The average molecular weight is 252 g/mol. The molecule has 2 N–H and O–H groups in total. The molecule has 0 aliphatic rings. The molecule has 4 heteroatoms. The Morgan fingerprint density at radius 2 is 2.11 bits per heavy atom. The zero-order valence-corrected chi connectivity index (χ0v) is 12.5. The van der Waals surface area contributed by atoms with Crippen LogP contribution in [0.3, 0.4) is 0 Å². The lowest BCUT2D eigenvalue weighted by Crippen LogP contribution is -2.37. The first kappa shape index (κ1) is 15.0. The van der Waals surface area contributed by atoms with E-state index in [0.717, 1.165) is 24.7 Å². The van der Waals surface area contributed by atoms with Crippen molar-refractivity contribution in [2.24, 2.45) is 11.1 Å². The van der Waals surface area contributed by atoms with Crippen LogP contribution >= 0.6 is 0 Å². The molecule has 0 unspecified atom stereocenters. The third-order valence-electron chi connectivity index (χ3n) is 3.19. The number of nitrogens with two attached hydrogens (primary N) is 1. The zero-order valence-electron chi connectivity index (χ0n) is 12.5. The van der Waals surface area contributed by atoms with E-state index >= 15 is 0 Å². The third kappa shape index (κ3) is 4.02. The molecule has 0 fully saturated rings. The van der Waals surface area contributed by atoms with Crippen molar-refractivity contribution < 1.29 is 0 Å². The van der Waals surface area contributed by atoms with Crippen LogP contribution in [0.15, 0.2) is 6.20 Å². The Labute approximate surface area is 111 Å². The fraction of sp³-hybridized carbons (Fsp3) is 0.786. The van der Waals surface area contributed by atoms with E-state index in [0.29, 0.717) is 6.54 Å². The van der Waals surface area contributed by atoms with Gasteiger partial charge in [0.15, 0.2) is 0 Å². The highest BCUT2D eigenvalue weighted by molar-refractivity contribution is 5.32. The summed E-state index contributed by atoms with van der Waals surface area (Å²) in [6.45, 7) is 11.3. The molecule has 0 spiro atoms. The van der Waals surface area contributed by atoms with Gasteiger partial charge in [-0.1, -0.05) is 27.2 Å². The van der Waals surface area contributed by atoms with Gasteiger partial charge in [-0.2, -0.15) is 0 Å². The minimum Gasteiger partial charge on any atom is -0.345 e. The average Bonchev–Trinajstić information content (AvgIpc) is 2.67. The summed E-state index contributed by atoms with van der Waals surface area (Å²) in [5, 5.41) is 0. The molecular formula is C14H28N4. The summed E-state index contributed by atoms with van der Waals surface area (Å²) in [5.41, 5.74) is 7.00. The Balaban J connectivity index is 2.80. The predicted molar refractivity (Wildman–Crippen MR) is 78.0 cm³/mol. The molecule has 0 aliphatic heterocycles. The largest absolute Gasteiger partial charge is 0.345 e. The van der Waals surface area contributed by atoms with Gasteiger partial charge >= 0.3 is 0 Å². The second-order valence-corrected chi connectivity index (χ2v) is 5.95. The van der Waals surface area contributed by atoms with Gasteiger partial charge in [-0.05, 0) is 25.3 Å². The number of hydrogen-bond acceptors (Lipinski definition) is 3. The van der Waals surface area contributed by atoms with Crippen LogP contribution in [0.1, 0.15) is 39.3 Å². The van der Waals surface area contributed by atoms with Gasteiger partial charge in [0, 0.05) is 26.3 Å². The smallest absolute Gasteiger partial charge is 0.205 e. The monoisotopic (exact) mass is 252 g/mol. The van der Waals surface area contributed by atoms with Gasteiger partial charge in [0.25, 0.3) is 0 Å². The van der Waals surface area contributed by atoms with Crippen molar-refractivity contribution in [3.05, 3.63) is 11.9 Å². The molecule has 1 aromatic heterocycles. The summed E-state index contributed by atoms with van der Waals surface area (Å²) in [6, 6.07) is 0. The van der Waals surface area contributed by atoms with Crippen molar-refractivity contribution in [2.75, 3.05) is 25.0 Å². The quantitative estimate of drug-likeness (QED) is 0.810. The van der Waals surface area contributed by atoms with Crippen LogP contribution in [0.4, 0.5) is 5.95 Å². The van der Waals surface area contributed by atoms with Crippen molar-refractivity contribution >= 4 is 5.95 Å². The molecular weight excluding hydrogens is 224 g/mol. The Kier molecular flexibility index (Phi) is 5.20. The number of unbranched alkanes of at least 4 members (excludes halogenated alkanes) is 1. The topological polar surface area (TPSA) is 47.1 Å². The number of aromatic nitrogens is 2. The molecule has 1 aromatic rings. The van der Waals surface area contributed by atoms with E-state index < -0.39 is 0 Å². The molecule has 0 atom stereocenters. The summed E-state index contributed by atoms with van der Waals surface area (Å²) < 4.78 is 2.26. The normalized spacial score (nSPS) is 11.9. The first-order valence-corrected chi connectivity index (χ1v) is 6.84. The predicted octanol–water partition coefficient (Wildman–Crippen LogP) is 2.41. The molecule has 0 radical (unpaired) electrons. The highest BCUT2D eigenvalue weighted by atomic mass is 15.3. The van der Waals surface area contributed by atoms with Crippen LogP contribution in [0.2, 0.25) is 0 Å². The number of imidazole rings is 1. The maximum absolute atomic E-state index is 5.80. The van der Waals surface area contributed by atoms with E-state index in [2.05, 4.69) is 48.5 Å². The van der Waals surface area contributed by atoms with Crippen molar-refractivity contribution in [1.82, 2.24) is 9.55 Å². The van der Waals surface area contributed by atoms with Gasteiger partial charge < -0.3 is 15.2 Å². The molecule has 0 saturated heterocycles. The summed E-state index contributed by atoms with van der Waals surface area (Å²) in [5.74, 6) is 1.06. The molecule has 104 valence electrons. The number of aryl methyl sites for hydroxylation is 2. The SMILES string of the molecule is CCCCn1cc(C)nc1N(C)CC(C)(C)CN. The van der Waals surface area contributed by atoms with Gasteiger partial charge in [-0.15, -0.1) is 0 Å². The standard InChI is InChI=1S/C14H28N4/c1-6-7-8-18-9-12(2)16-13(18)17(5)11-14(3,4)10-15/h9H,6-8,10-11,15H2,1-5H3. The maximum atomic E-state index is 5.80. The lowest BCUT2D eigenvalue weighted by molar-refractivity contribution is 0.381. The second kappa shape index (κ2) is 6.23. The number of rotatable bonds is 7. The van der Waals surface area contributed by atoms with Crippen LogP contribution < -0.4 is 10.6 Å². The number of hydrogen-bond donors (Lipinski definition) is 1. The molecule has 18 heavy (non-hydrogen) atoms. The number of nitrogens with zero attached hydrogens (tertiary/aromatic N) is 3. The Morgan fingerprint density at radius 3 is 2.67 bits per heavy atom. The van der Waals surface area contributed by atoms with Crippen LogP contribution in [0.5, 0.6) is 0 Å². The fourth-order valence-corrected chi connectivity index (χ4v) is 2.11. The summed E-state index contributed by atoms with van der Waals surface area (Å²) >= 11 is 0. The van der Waals surface area contributed by atoms with Crippen molar-refractivity contribution in [1.29, 1.82) is 0 Å². The van der Waals surface area contributed by atoms with Crippen molar-refractivity contribution in [2.45, 2.75) is 47.1 Å². The van der Waals surface area contributed by atoms with Crippen LogP contribution in [0.25, 0.3) is 0 Å². The van der Waals surface area contributed by atoms with E-state index in [9.17, 15) is 0 Å². The van der Waals surface area contributed by atoms with E-state index in [1.165, 1.54) is 12.8 Å². The lowest BCUT2D eigenvalue weighted by Gasteiger charge is -2.30. The van der Waals surface area contributed by atoms with Gasteiger partial charge in [0.2, 0.25) is 5.95 Å². The molecule has 1 rings (SSSR count). The van der Waals surface area contributed by atoms with E-state index in [-0.39, 0.29) is 5.41 Å². The first-order chi connectivity index (χ1) is 8.39. The minimum atomic E-state index is 0.115. The van der Waals surface area contributed by atoms with E-state index in [4.69, 9.17) is 5.73 Å².